The van der Waals surface area contributed by atoms with E-state index in [0.717, 1.165) is 18.5 Å². The second-order valence-corrected chi connectivity index (χ2v) is 4.52. The minimum atomic E-state index is 0.0608. The van der Waals surface area contributed by atoms with E-state index in [2.05, 4.69) is 9.97 Å². The monoisotopic (exact) mass is 241 g/mol. The number of aromatic nitrogens is 3. The third-order valence-corrected chi connectivity index (χ3v) is 3.38. The topological polar surface area (TPSA) is 80.6 Å². The maximum absolute atomic E-state index is 7.63. The van der Waals surface area contributed by atoms with Gasteiger partial charge >= 0.3 is 0 Å². The molecule has 0 saturated carbocycles. The van der Waals surface area contributed by atoms with E-state index in [0.29, 0.717) is 5.56 Å². The van der Waals surface area contributed by atoms with Crippen molar-refractivity contribution in [2.24, 2.45) is 5.73 Å². The molecule has 0 aliphatic heterocycles. The number of fused-ring (bicyclic) bond motifs is 1. The lowest BCUT2D eigenvalue weighted by atomic mass is 10.0. The first-order valence-corrected chi connectivity index (χ1v) is 6.11. The van der Waals surface area contributed by atoms with Crippen molar-refractivity contribution in [3.63, 3.8) is 0 Å². The van der Waals surface area contributed by atoms with Crippen LogP contribution in [-0.4, -0.2) is 20.4 Å². The second kappa shape index (κ2) is 4.25. The van der Waals surface area contributed by atoms with E-state index in [1.807, 2.05) is 10.9 Å². The van der Waals surface area contributed by atoms with Gasteiger partial charge in [-0.2, -0.15) is 0 Å². The molecule has 0 spiro atoms. The smallest absolute Gasteiger partial charge is 0.125 e. The first-order chi connectivity index (χ1) is 8.77. The lowest BCUT2D eigenvalue weighted by Gasteiger charge is -2.15. The van der Waals surface area contributed by atoms with E-state index in [1.54, 1.807) is 18.5 Å². The van der Waals surface area contributed by atoms with Gasteiger partial charge in [-0.3, -0.25) is 10.4 Å². The Morgan fingerprint density at radius 3 is 3.00 bits per heavy atom. The van der Waals surface area contributed by atoms with Crippen LogP contribution in [0.5, 0.6) is 0 Å². The number of nitrogens with zero attached hydrogens (tertiary/aromatic N) is 3. The molecule has 5 heteroatoms. The molecule has 0 amide bonds. The van der Waals surface area contributed by atoms with Crippen molar-refractivity contribution in [1.82, 2.24) is 14.5 Å². The van der Waals surface area contributed by atoms with Gasteiger partial charge in [0.15, 0.2) is 0 Å². The number of pyridine rings is 1. The molecule has 0 bridgehead atoms. The van der Waals surface area contributed by atoms with Crippen molar-refractivity contribution in [2.45, 2.75) is 25.7 Å². The maximum Gasteiger partial charge on any atom is 0.125 e. The Morgan fingerprint density at radius 1 is 1.33 bits per heavy atom. The Bertz CT molecular complexity index is 599. The average molecular weight is 241 g/mol. The van der Waals surface area contributed by atoms with Crippen LogP contribution in [0.2, 0.25) is 0 Å². The largest absolute Gasteiger partial charge is 0.384 e. The van der Waals surface area contributed by atoms with Crippen LogP contribution in [0.25, 0.3) is 5.69 Å². The molecular weight excluding hydrogens is 226 g/mol. The van der Waals surface area contributed by atoms with Crippen LogP contribution in [0, 0.1) is 5.41 Å². The molecule has 0 atom stereocenters. The Kier molecular flexibility index (Phi) is 2.59. The fourth-order valence-electron chi connectivity index (χ4n) is 2.48. The minimum Gasteiger partial charge on any atom is -0.384 e. The molecule has 1 aliphatic carbocycles. The van der Waals surface area contributed by atoms with Crippen LogP contribution in [0.4, 0.5) is 0 Å². The summed E-state index contributed by atoms with van der Waals surface area (Å²) in [5, 5.41) is 7.63. The molecule has 92 valence electrons. The molecule has 0 saturated heterocycles. The SMILES string of the molecule is N=C(N)c1ccncc1-n1cnc2c1CCCC2. The molecule has 0 aromatic carbocycles. The molecule has 2 aromatic heterocycles. The second-order valence-electron chi connectivity index (χ2n) is 4.52. The van der Waals surface area contributed by atoms with Crippen molar-refractivity contribution in [3.8, 4) is 5.69 Å². The summed E-state index contributed by atoms with van der Waals surface area (Å²) >= 11 is 0. The summed E-state index contributed by atoms with van der Waals surface area (Å²) in [6, 6.07) is 1.77. The van der Waals surface area contributed by atoms with Crippen LogP contribution in [0.3, 0.4) is 0 Å². The number of rotatable bonds is 2. The molecular formula is C13H15N5. The molecule has 2 aromatic rings. The standard InChI is InChI=1S/C13H15N5/c14-13(15)9-5-6-16-7-12(9)18-8-17-10-3-1-2-4-11(10)18/h5-8H,1-4H2,(H3,14,15). The van der Waals surface area contributed by atoms with E-state index in [1.165, 1.54) is 24.2 Å². The average Bonchev–Trinajstić information content (AvgIpc) is 2.82. The number of hydrogen-bond donors (Lipinski definition) is 2. The van der Waals surface area contributed by atoms with Gasteiger partial charge in [-0.15, -0.1) is 0 Å². The van der Waals surface area contributed by atoms with Gasteiger partial charge in [0.1, 0.15) is 5.84 Å². The van der Waals surface area contributed by atoms with Crippen LogP contribution in [0.15, 0.2) is 24.8 Å². The Balaban J connectivity index is 2.15. The molecule has 3 rings (SSSR count). The molecule has 3 N–H and O–H groups in total. The van der Waals surface area contributed by atoms with E-state index in [4.69, 9.17) is 11.1 Å². The van der Waals surface area contributed by atoms with Gasteiger partial charge in [-0.25, -0.2) is 4.98 Å². The minimum absolute atomic E-state index is 0.0608. The van der Waals surface area contributed by atoms with Crippen LogP contribution in [0.1, 0.15) is 29.8 Å². The highest BCUT2D eigenvalue weighted by Crippen LogP contribution is 2.24. The summed E-state index contributed by atoms with van der Waals surface area (Å²) in [6.45, 7) is 0. The van der Waals surface area contributed by atoms with Gasteiger partial charge in [0, 0.05) is 17.5 Å². The molecule has 2 heterocycles. The van der Waals surface area contributed by atoms with Crippen LogP contribution >= 0.6 is 0 Å². The van der Waals surface area contributed by atoms with E-state index < -0.39 is 0 Å². The van der Waals surface area contributed by atoms with Crippen LogP contribution < -0.4 is 5.73 Å². The maximum atomic E-state index is 7.63. The summed E-state index contributed by atoms with van der Waals surface area (Å²) in [5.41, 5.74) is 9.57. The van der Waals surface area contributed by atoms with Crippen molar-refractivity contribution >= 4 is 5.84 Å². The summed E-state index contributed by atoms with van der Waals surface area (Å²) < 4.78 is 2.03. The molecule has 5 nitrogen and oxygen atoms in total. The first-order valence-electron chi connectivity index (χ1n) is 6.11. The van der Waals surface area contributed by atoms with Crippen LogP contribution in [-0.2, 0) is 12.8 Å². The van der Waals surface area contributed by atoms with Crippen molar-refractivity contribution in [1.29, 1.82) is 5.41 Å². The van der Waals surface area contributed by atoms with Crippen molar-refractivity contribution < 1.29 is 0 Å². The fraction of sp³-hybridized carbons (Fsp3) is 0.308. The Morgan fingerprint density at radius 2 is 2.17 bits per heavy atom. The predicted molar refractivity (Wildman–Crippen MR) is 69.0 cm³/mol. The lowest BCUT2D eigenvalue weighted by Crippen LogP contribution is -2.16. The Hall–Kier alpha value is -2.17. The molecule has 0 radical (unpaired) electrons. The van der Waals surface area contributed by atoms with Gasteiger partial charge in [0.2, 0.25) is 0 Å². The van der Waals surface area contributed by atoms with E-state index in [9.17, 15) is 0 Å². The van der Waals surface area contributed by atoms with Gasteiger partial charge in [0.25, 0.3) is 0 Å². The quantitative estimate of drug-likeness (QED) is 0.616. The summed E-state index contributed by atoms with van der Waals surface area (Å²) in [5.74, 6) is 0.0608. The highest BCUT2D eigenvalue weighted by molar-refractivity contribution is 5.98. The third-order valence-electron chi connectivity index (χ3n) is 3.38. The first kappa shape index (κ1) is 11.0. The van der Waals surface area contributed by atoms with E-state index in [-0.39, 0.29) is 5.84 Å². The van der Waals surface area contributed by atoms with Gasteiger partial charge in [-0.05, 0) is 31.7 Å². The number of amidine groups is 1. The van der Waals surface area contributed by atoms with Gasteiger partial charge in [0.05, 0.1) is 23.9 Å². The van der Waals surface area contributed by atoms with Gasteiger partial charge < -0.3 is 10.3 Å². The zero-order chi connectivity index (χ0) is 12.5. The van der Waals surface area contributed by atoms with E-state index >= 15 is 0 Å². The number of nitrogen functional groups attached to an aromatic ring is 1. The zero-order valence-electron chi connectivity index (χ0n) is 10.1. The summed E-state index contributed by atoms with van der Waals surface area (Å²) in [6.07, 6.45) is 9.68. The van der Waals surface area contributed by atoms with Crippen molar-refractivity contribution in [2.75, 3.05) is 0 Å². The number of nitrogens with one attached hydrogen (secondary N) is 1. The third kappa shape index (κ3) is 1.68. The zero-order valence-corrected chi connectivity index (χ0v) is 10.1. The molecule has 0 fully saturated rings. The highest BCUT2D eigenvalue weighted by atomic mass is 15.1. The summed E-state index contributed by atoms with van der Waals surface area (Å²) in [7, 11) is 0. The highest BCUT2D eigenvalue weighted by Gasteiger charge is 2.18. The molecule has 1 aliphatic rings. The summed E-state index contributed by atoms with van der Waals surface area (Å²) in [4.78, 5) is 8.59. The molecule has 0 unspecified atom stereocenters. The van der Waals surface area contributed by atoms with Crippen molar-refractivity contribution in [3.05, 3.63) is 41.7 Å². The predicted octanol–water partition coefficient (Wildman–Crippen LogP) is 1.43. The number of hydrogen-bond acceptors (Lipinski definition) is 3. The number of nitrogens with two attached hydrogens (primary N) is 1. The normalized spacial score (nSPS) is 14.2. The number of aryl methyl sites for hydroxylation is 1. The molecule has 18 heavy (non-hydrogen) atoms. The van der Waals surface area contributed by atoms with Gasteiger partial charge in [-0.1, -0.05) is 0 Å². The Labute approximate surface area is 105 Å². The number of imidazole rings is 1. The fourth-order valence-corrected chi connectivity index (χ4v) is 2.48. The lowest BCUT2D eigenvalue weighted by molar-refractivity contribution is 0.655.